The topological polar surface area (TPSA) is 112 Å². The van der Waals surface area contributed by atoms with Crippen molar-refractivity contribution in [3.05, 3.63) is 39.8 Å². The van der Waals surface area contributed by atoms with Crippen LogP contribution in [0.25, 0.3) is 10.4 Å². The monoisotopic (exact) mass is 221 g/mol. The normalized spacial score (nSPS) is 9.06. The van der Waals surface area contributed by atoms with Crippen LogP contribution < -0.4 is 0 Å². The molecule has 0 radical (unpaired) electrons. The van der Waals surface area contributed by atoms with Gasteiger partial charge in [-0.3, -0.25) is 0 Å². The molecule has 1 rings (SSSR count). The fraction of sp³-hybridized carbons (Fsp3) is 0.111. The number of carboxylic acid groups (broad SMARTS) is 1. The van der Waals surface area contributed by atoms with Gasteiger partial charge in [0.25, 0.3) is 0 Å². The van der Waals surface area contributed by atoms with Crippen LogP contribution in [0.4, 0.5) is 5.69 Å². The van der Waals surface area contributed by atoms with Crippen molar-refractivity contribution in [2.24, 2.45) is 5.11 Å². The minimum Gasteiger partial charge on any atom is -0.478 e. The molecule has 7 nitrogen and oxygen atoms in total. The first kappa shape index (κ1) is 11.5. The molecule has 0 aliphatic rings. The van der Waals surface area contributed by atoms with E-state index in [1.165, 1.54) is 13.2 Å². The number of carbonyl (C=O) groups excluding carboxylic acids is 1. The maximum absolute atomic E-state index is 11.2. The number of aromatic carboxylic acids is 1. The zero-order chi connectivity index (χ0) is 12.1. The molecule has 0 atom stereocenters. The average Bonchev–Trinajstić information content (AvgIpc) is 2.28. The third-order valence-corrected chi connectivity index (χ3v) is 1.75. The maximum atomic E-state index is 11.2. The van der Waals surface area contributed by atoms with Gasteiger partial charge < -0.3 is 9.84 Å². The number of rotatable bonds is 3. The number of hydrogen-bond donors (Lipinski definition) is 1. The Morgan fingerprint density at radius 1 is 1.38 bits per heavy atom. The largest absolute Gasteiger partial charge is 0.478 e. The molecule has 0 saturated heterocycles. The second-order valence-electron chi connectivity index (χ2n) is 2.75. The molecule has 0 amide bonds. The molecule has 1 N–H and O–H groups in total. The molecule has 0 aromatic heterocycles. The van der Waals surface area contributed by atoms with Gasteiger partial charge in [-0.1, -0.05) is 5.11 Å². The Morgan fingerprint density at radius 3 is 2.50 bits per heavy atom. The number of hydrogen-bond acceptors (Lipinski definition) is 4. The van der Waals surface area contributed by atoms with Crippen molar-refractivity contribution in [3.63, 3.8) is 0 Å². The van der Waals surface area contributed by atoms with Gasteiger partial charge in [-0.05, 0) is 23.7 Å². The van der Waals surface area contributed by atoms with Gasteiger partial charge in [0, 0.05) is 10.6 Å². The van der Waals surface area contributed by atoms with Crippen molar-refractivity contribution in [3.8, 4) is 0 Å². The summed E-state index contributed by atoms with van der Waals surface area (Å²) in [6.07, 6.45) is 0. The fourth-order valence-corrected chi connectivity index (χ4v) is 1.08. The first-order valence-electron chi connectivity index (χ1n) is 4.10. The highest BCUT2D eigenvalue weighted by Crippen LogP contribution is 2.19. The standard InChI is InChI=1S/C9H7N3O4/c1-16-9(15)6-2-5(8(13)14)3-7(4-6)11-12-10/h2-4H,1H3,(H,13,14). The van der Waals surface area contributed by atoms with Crippen molar-refractivity contribution < 1.29 is 19.4 Å². The lowest BCUT2D eigenvalue weighted by atomic mass is 10.1. The van der Waals surface area contributed by atoms with E-state index < -0.39 is 11.9 Å². The molecule has 1 aromatic rings. The Morgan fingerprint density at radius 2 is 2.00 bits per heavy atom. The van der Waals surface area contributed by atoms with Crippen LogP contribution in [0.3, 0.4) is 0 Å². The second kappa shape index (κ2) is 4.81. The zero-order valence-electron chi connectivity index (χ0n) is 8.25. The van der Waals surface area contributed by atoms with Crippen LogP contribution in [-0.2, 0) is 4.74 Å². The van der Waals surface area contributed by atoms with E-state index in [2.05, 4.69) is 14.8 Å². The number of ether oxygens (including phenoxy) is 1. The minimum atomic E-state index is -1.22. The lowest BCUT2D eigenvalue weighted by Crippen LogP contribution is -2.04. The van der Waals surface area contributed by atoms with Crippen molar-refractivity contribution in [1.82, 2.24) is 0 Å². The summed E-state index contributed by atoms with van der Waals surface area (Å²) in [7, 11) is 1.17. The molecule has 7 heteroatoms. The number of benzene rings is 1. The Balaban J connectivity index is 3.34. The molecule has 0 bridgehead atoms. The molecule has 0 saturated carbocycles. The number of azide groups is 1. The highest BCUT2D eigenvalue weighted by molar-refractivity contribution is 5.95. The molecule has 0 fully saturated rings. The Kier molecular flexibility index (Phi) is 3.47. The van der Waals surface area contributed by atoms with E-state index in [-0.39, 0.29) is 16.8 Å². The van der Waals surface area contributed by atoms with E-state index in [0.29, 0.717) is 0 Å². The van der Waals surface area contributed by atoms with E-state index in [1.54, 1.807) is 0 Å². The lowest BCUT2D eigenvalue weighted by Gasteiger charge is -2.02. The van der Waals surface area contributed by atoms with Gasteiger partial charge in [0.15, 0.2) is 0 Å². The summed E-state index contributed by atoms with van der Waals surface area (Å²) in [6, 6.07) is 3.55. The van der Waals surface area contributed by atoms with E-state index >= 15 is 0 Å². The fourth-order valence-electron chi connectivity index (χ4n) is 1.08. The Hall–Kier alpha value is -2.53. The third kappa shape index (κ3) is 2.49. The van der Waals surface area contributed by atoms with Crippen molar-refractivity contribution >= 4 is 17.6 Å². The van der Waals surface area contributed by atoms with Gasteiger partial charge >= 0.3 is 11.9 Å². The van der Waals surface area contributed by atoms with Crippen molar-refractivity contribution in [1.29, 1.82) is 0 Å². The van der Waals surface area contributed by atoms with Gasteiger partial charge in [-0.2, -0.15) is 0 Å². The van der Waals surface area contributed by atoms with Crippen molar-refractivity contribution in [2.45, 2.75) is 0 Å². The van der Waals surface area contributed by atoms with Crippen LogP contribution in [0, 0.1) is 0 Å². The van der Waals surface area contributed by atoms with Gasteiger partial charge in [0.1, 0.15) is 0 Å². The van der Waals surface area contributed by atoms with Crippen LogP contribution >= 0.6 is 0 Å². The number of carbonyl (C=O) groups is 2. The summed E-state index contributed by atoms with van der Waals surface area (Å²) in [5.74, 6) is -1.92. The quantitative estimate of drug-likeness (QED) is 0.364. The molecular formula is C9H7N3O4. The van der Waals surface area contributed by atoms with E-state index in [0.717, 1.165) is 12.1 Å². The molecular weight excluding hydrogens is 214 g/mol. The third-order valence-electron chi connectivity index (χ3n) is 1.75. The molecule has 0 unspecified atom stereocenters. The number of carboxylic acids is 1. The molecule has 16 heavy (non-hydrogen) atoms. The Labute approximate surface area is 89.9 Å². The minimum absolute atomic E-state index is 0.0183. The predicted octanol–water partition coefficient (Wildman–Crippen LogP) is 2.11. The highest BCUT2D eigenvalue weighted by Gasteiger charge is 2.11. The maximum Gasteiger partial charge on any atom is 0.337 e. The van der Waals surface area contributed by atoms with Gasteiger partial charge in [0.2, 0.25) is 0 Å². The lowest BCUT2D eigenvalue weighted by molar-refractivity contribution is 0.0601. The smallest absolute Gasteiger partial charge is 0.337 e. The molecule has 0 spiro atoms. The summed E-state index contributed by atoms with van der Waals surface area (Å²) in [4.78, 5) is 24.4. The van der Waals surface area contributed by atoms with E-state index in [1.807, 2.05) is 0 Å². The summed E-state index contributed by atoms with van der Waals surface area (Å²) in [5.41, 5.74) is 8.15. The van der Waals surface area contributed by atoms with Crippen LogP contribution in [0.2, 0.25) is 0 Å². The summed E-state index contributed by atoms with van der Waals surface area (Å²) < 4.78 is 4.44. The van der Waals surface area contributed by atoms with Crippen LogP contribution in [0.5, 0.6) is 0 Å². The SMILES string of the molecule is COC(=O)c1cc(N=[N+]=[N-])cc(C(=O)O)c1. The Bertz CT molecular complexity index is 471. The molecule has 0 heterocycles. The summed E-state index contributed by atoms with van der Waals surface area (Å²) in [6.45, 7) is 0. The average molecular weight is 221 g/mol. The first-order valence-corrected chi connectivity index (χ1v) is 4.10. The first-order chi connectivity index (χ1) is 7.58. The van der Waals surface area contributed by atoms with Gasteiger partial charge in [-0.25, -0.2) is 9.59 Å². The molecule has 1 aromatic carbocycles. The van der Waals surface area contributed by atoms with Crippen LogP contribution in [0.1, 0.15) is 20.7 Å². The van der Waals surface area contributed by atoms with Crippen molar-refractivity contribution in [2.75, 3.05) is 7.11 Å². The van der Waals surface area contributed by atoms with E-state index in [9.17, 15) is 9.59 Å². The molecule has 82 valence electrons. The van der Waals surface area contributed by atoms with E-state index in [4.69, 9.17) is 10.6 Å². The molecule has 0 aliphatic heterocycles. The zero-order valence-corrected chi connectivity index (χ0v) is 8.25. The predicted molar refractivity (Wildman–Crippen MR) is 53.5 cm³/mol. The van der Waals surface area contributed by atoms with Crippen LogP contribution in [-0.4, -0.2) is 24.2 Å². The molecule has 0 aliphatic carbocycles. The number of esters is 1. The van der Waals surface area contributed by atoms with Gasteiger partial charge in [0.05, 0.1) is 18.2 Å². The summed E-state index contributed by atoms with van der Waals surface area (Å²) in [5, 5.41) is 12.0. The summed E-state index contributed by atoms with van der Waals surface area (Å²) >= 11 is 0. The van der Waals surface area contributed by atoms with Gasteiger partial charge in [-0.15, -0.1) is 0 Å². The second-order valence-corrected chi connectivity index (χ2v) is 2.75. The number of methoxy groups -OCH3 is 1. The van der Waals surface area contributed by atoms with Crippen LogP contribution in [0.15, 0.2) is 23.3 Å². The number of nitrogens with zero attached hydrogens (tertiary/aromatic N) is 3. The highest BCUT2D eigenvalue weighted by atomic mass is 16.5.